The van der Waals surface area contributed by atoms with Crippen LogP contribution in [0, 0.1) is 0 Å². The number of amides is 2. The van der Waals surface area contributed by atoms with Crippen LogP contribution in [0.25, 0.3) is 0 Å². The third kappa shape index (κ3) is 4.73. The summed E-state index contributed by atoms with van der Waals surface area (Å²) in [6.45, 7) is 1.43. The van der Waals surface area contributed by atoms with Crippen molar-refractivity contribution in [3.05, 3.63) is 58.6 Å². The van der Waals surface area contributed by atoms with Gasteiger partial charge in [0.05, 0.1) is 7.11 Å². The molecule has 2 aromatic carbocycles. The van der Waals surface area contributed by atoms with Crippen LogP contribution in [-0.4, -0.2) is 31.0 Å². The highest BCUT2D eigenvalue weighted by Crippen LogP contribution is 2.24. The Bertz CT molecular complexity index is 836. The van der Waals surface area contributed by atoms with Gasteiger partial charge in [0.15, 0.2) is 6.10 Å². The fraction of sp³-hybridized carbons (Fsp3) is 0.167. The van der Waals surface area contributed by atoms with E-state index in [9.17, 15) is 14.4 Å². The fourth-order valence-electron chi connectivity index (χ4n) is 2.08. The highest BCUT2D eigenvalue weighted by Gasteiger charge is 2.22. The van der Waals surface area contributed by atoms with Gasteiger partial charge in [-0.3, -0.25) is 9.59 Å². The lowest BCUT2D eigenvalue weighted by Crippen LogP contribution is -2.30. The average Bonchev–Trinajstić information content (AvgIpc) is 2.61. The monoisotopic (exact) mass is 376 g/mol. The van der Waals surface area contributed by atoms with Crippen LogP contribution in [0.1, 0.15) is 27.6 Å². The number of hydrogen-bond acceptors (Lipinski definition) is 5. The standard InChI is InChI=1S/C18H17ClN2O5/c1-10(17(23)21-13-6-3-11(4-7-13)16(20)22)26-18(24)14-9-12(19)5-8-15(14)25-2/h3-10H,1-2H3,(H2,20,22)(H,21,23)/t10-/m1/s1. The first-order valence-electron chi connectivity index (χ1n) is 7.57. The van der Waals surface area contributed by atoms with Gasteiger partial charge in [0, 0.05) is 16.3 Å². The number of hydrogen-bond donors (Lipinski definition) is 2. The number of halogens is 1. The molecule has 0 aliphatic rings. The molecule has 8 heteroatoms. The highest BCUT2D eigenvalue weighted by molar-refractivity contribution is 6.31. The number of carbonyl (C=O) groups excluding carboxylic acids is 3. The summed E-state index contributed by atoms with van der Waals surface area (Å²) in [5.74, 6) is -1.56. The fourth-order valence-corrected chi connectivity index (χ4v) is 2.25. The predicted octanol–water partition coefficient (Wildman–Crippen LogP) is 2.63. The molecule has 3 N–H and O–H groups in total. The van der Waals surface area contributed by atoms with Gasteiger partial charge in [0.1, 0.15) is 11.3 Å². The molecule has 0 heterocycles. The Morgan fingerprint density at radius 3 is 2.35 bits per heavy atom. The maximum atomic E-state index is 12.3. The van der Waals surface area contributed by atoms with E-state index in [1.807, 2.05) is 0 Å². The van der Waals surface area contributed by atoms with Crippen molar-refractivity contribution in [2.24, 2.45) is 5.73 Å². The largest absolute Gasteiger partial charge is 0.496 e. The smallest absolute Gasteiger partial charge is 0.342 e. The summed E-state index contributed by atoms with van der Waals surface area (Å²) in [7, 11) is 1.41. The Labute approximate surface area is 155 Å². The maximum absolute atomic E-state index is 12.3. The van der Waals surface area contributed by atoms with Gasteiger partial charge in [-0.15, -0.1) is 0 Å². The minimum atomic E-state index is -1.07. The van der Waals surface area contributed by atoms with E-state index in [1.165, 1.54) is 50.4 Å². The number of benzene rings is 2. The molecular weight excluding hydrogens is 360 g/mol. The van der Waals surface area contributed by atoms with Crippen molar-refractivity contribution >= 4 is 35.1 Å². The minimum Gasteiger partial charge on any atom is -0.496 e. The third-order valence-corrected chi connectivity index (χ3v) is 3.71. The zero-order valence-corrected chi connectivity index (χ0v) is 14.9. The number of carbonyl (C=O) groups is 3. The van der Waals surface area contributed by atoms with E-state index in [0.29, 0.717) is 16.3 Å². The summed E-state index contributed by atoms with van der Waals surface area (Å²) in [4.78, 5) is 35.5. The summed E-state index contributed by atoms with van der Waals surface area (Å²) in [5.41, 5.74) is 6.02. The van der Waals surface area contributed by atoms with Gasteiger partial charge in [-0.25, -0.2) is 4.79 Å². The molecular formula is C18H17ClN2O5. The van der Waals surface area contributed by atoms with Crippen LogP contribution in [0.15, 0.2) is 42.5 Å². The topological polar surface area (TPSA) is 108 Å². The first kappa shape index (κ1) is 19.3. The van der Waals surface area contributed by atoms with E-state index in [4.69, 9.17) is 26.8 Å². The second kappa shape index (κ2) is 8.35. The number of anilines is 1. The number of nitrogens with two attached hydrogens (primary N) is 1. The second-order valence-corrected chi connectivity index (χ2v) is 5.76. The molecule has 26 heavy (non-hydrogen) atoms. The van der Waals surface area contributed by atoms with Crippen LogP contribution in [0.5, 0.6) is 5.75 Å². The van der Waals surface area contributed by atoms with Crippen LogP contribution in [0.3, 0.4) is 0 Å². The summed E-state index contributed by atoms with van der Waals surface area (Å²) < 4.78 is 10.3. The molecule has 1 atom stereocenters. The van der Waals surface area contributed by atoms with Crippen LogP contribution in [-0.2, 0) is 9.53 Å². The zero-order chi connectivity index (χ0) is 19.3. The Balaban J connectivity index is 2.03. The molecule has 0 radical (unpaired) electrons. The van der Waals surface area contributed by atoms with Crippen molar-refractivity contribution in [1.82, 2.24) is 0 Å². The molecule has 0 spiro atoms. The maximum Gasteiger partial charge on any atom is 0.342 e. The molecule has 136 valence electrons. The van der Waals surface area contributed by atoms with Crippen molar-refractivity contribution in [3.63, 3.8) is 0 Å². The van der Waals surface area contributed by atoms with E-state index in [2.05, 4.69) is 5.32 Å². The number of methoxy groups -OCH3 is 1. The Morgan fingerprint density at radius 1 is 1.12 bits per heavy atom. The van der Waals surface area contributed by atoms with Crippen molar-refractivity contribution < 1.29 is 23.9 Å². The minimum absolute atomic E-state index is 0.116. The number of primary amides is 1. The molecule has 7 nitrogen and oxygen atoms in total. The molecule has 2 aromatic rings. The molecule has 0 aliphatic carbocycles. The summed E-state index contributed by atoms with van der Waals surface area (Å²) in [6, 6.07) is 10.5. The Hall–Kier alpha value is -3.06. The van der Waals surface area contributed by atoms with Crippen molar-refractivity contribution in [2.75, 3.05) is 12.4 Å². The van der Waals surface area contributed by atoms with Crippen molar-refractivity contribution in [2.45, 2.75) is 13.0 Å². The molecule has 0 saturated heterocycles. The van der Waals surface area contributed by atoms with E-state index in [0.717, 1.165) is 0 Å². The van der Waals surface area contributed by atoms with Gasteiger partial charge in [0.2, 0.25) is 5.91 Å². The molecule has 2 rings (SSSR count). The lowest BCUT2D eigenvalue weighted by Gasteiger charge is -2.15. The van der Waals surface area contributed by atoms with Gasteiger partial charge >= 0.3 is 5.97 Å². The molecule has 0 saturated carbocycles. The zero-order valence-electron chi connectivity index (χ0n) is 14.1. The van der Waals surface area contributed by atoms with Gasteiger partial charge in [-0.2, -0.15) is 0 Å². The highest BCUT2D eigenvalue weighted by atomic mass is 35.5. The molecule has 0 unspecified atom stereocenters. The van der Waals surface area contributed by atoms with Crippen molar-refractivity contribution in [1.29, 1.82) is 0 Å². The van der Waals surface area contributed by atoms with E-state index in [1.54, 1.807) is 6.07 Å². The molecule has 2 amide bonds. The second-order valence-electron chi connectivity index (χ2n) is 5.32. The van der Waals surface area contributed by atoms with E-state index in [-0.39, 0.29) is 11.3 Å². The number of ether oxygens (including phenoxy) is 2. The number of esters is 1. The van der Waals surface area contributed by atoms with Crippen LogP contribution in [0.4, 0.5) is 5.69 Å². The average molecular weight is 377 g/mol. The molecule has 0 bridgehead atoms. The summed E-state index contributed by atoms with van der Waals surface area (Å²) >= 11 is 5.88. The SMILES string of the molecule is COc1ccc(Cl)cc1C(=O)O[C@H](C)C(=O)Nc1ccc(C(N)=O)cc1. The van der Waals surface area contributed by atoms with E-state index < -0.39 is 23.9 Å². The first-order valence-corrected chi connectivity index (χ1v) is 7.95. The Morgan fingerprint density at radius 2 is 1.77 bits per heavy atom. The van der Waals surface area contributed by atoms with Crippen LogP contribution >= 0.6 is 11.6 Å². The van der Waals surface area contributed by atoms with Crippen LogP contribution in [0.2, 0.25) is 5.02 Å². The third-order valence-electron chi connectivity index (χ3n) is 3.47. The van der Waals surface area contributed by atoms with E-state index >= 15 is 0 Å². The van der Waals surface area contributed by atoms with Gasteiger partial charge in [-0.1, -0.05) is 11.6 Å². The summed E-state index contributed by atoms with van der Waals surface area (Å²) in [5, 5.41) is 2.92. The Kier molecular flexibility index (Phi) is 6.19. The van der Waals surface area contributed by atoms with Crippen LogP contribution < -0.4 is 15.8 Å². The lowest BCUT2D eigenvalue weighted by atomic mass is 10.2. The first-order chi connectivity index (χ1) is 12.3. The van der Waals surface area contributed by atoms with Gasteiger partial charge in [0.25, 0.3) is 5.91 Å². The number of nitrogens with one attached hydrogen (secondary N) is 1. The quantitative estimate of drug-likeness (QED) is 0.753. The molecule has 0 aromatic heterocycles. The molecule has 0 fully saturated rings. The van der Waals surface area contributed by atoms with Gasteiger partial charge in [-0.05, 0) is 49.4 Å². The number of rotatable bonds is 6. The summed E-state index contributed by atoms with van der Waals surface area (Å²) in [6.07, 6.45) is -1.07. The van der Waals surface area contributed by atoms with Gasteiger partial charge < -0.3 is 20.5 Å². The predicted molar refractivity (Wildman–Crippen MR) is 96.5 cm³/mol. The normalized spacial score (nSPS) is 11.3. The van der Waals surface area contributed by atoms with Crippen molar-refractivity contribution in [3.8, 4) is 5.75 Å². The molecule has 0 aliphatic heterocycles. The lowest BCUT2D eigenvalue weighted by molar-refractivity contribution is -0.123.